The smallest absolute Gasteiger partial charge is 0.0103 e. The Labute approximate surface area is 137 Å². The standard InChI is InChI=1S/C16H14.3C2H6/c1-11-7-9-16-14(12(11)2)10-8-13-5-3-4-6-15(13)16;3*1-2/h3-10H,1-2H3;3*1-2H3. The van der Waals surface area contributed by atoms with Gasteiger partial charge in [-0.1, -0.05) is 90.1 Å². The van der Waals surface area contributed by atoms with E-state index in [4.69, 9.17) is 0 Å². The van der Waals surface area contributed by atoms with Crippen molar-refractivity contribution in [3.05, 3.63) is 59.7 Å². The van der Waals surface area contributed by atoms with E-state index in [1.807, 2.05) is 41.5 Å². The number of aryl methyl sites for hydroxylation is 2. The summed E-state index contributed by atoms with van der Waals surface area (Å²) in [4.78, 5) is 0. The molecule has 0 saturated carbocycles. The van der Waals surface area contributed by atoms with E-state index in [1.165, 1.54) is 32.7 Å². The molecule has 22 heavy (non-hydrogen) atoms. The first-order valence-corrected chi connectivity index (χ1v) is 8.65. The van der Waals surface area contributed by atoms with Crippen LogP contribution in [0.5, 0.6) is 0 Å². The van der Waals surface area contributed by atoms with Crippen LogP contribution in [0.2, 0.25) is 0 Å². The third kappa shape index (κ3) is 4.34. The van der Waals surface area contributed by atoms with E-state index in [2.05, 4.69) is 62.4 Å². The van der Waals surface area contributed by atoms with Gasteiger partial charge < -0.3 is 0 Å². The van der Waals surface area contributed by atoms with Gasteiger partial charge in [-0.15, -0.1) is 0 Å². The largest absolute Gasteiger partial charge is 0.0683 e. The molecule has 0 saturated heterocycles. The maximum atomic E-state index is 2.24. The summed E-state index contributed by atoms with van der Waals surface area (Å²) < 4.78 is 0. The molecule has 0 heterocycles. The maximum absolute atomic E-state index is 2.24. The number of fused-ring (bicyclic) bond motifs is 3. The average molecular weight is 296 g/mol. The van der Waals surface area contributed by atoms with Crippen molar-refractivity contribution < 1.29 is 0 Å². The summed E-state index contributed by atoms with van der Waals surface area (Å²) in [5.41, 5.74) is 2.76. The van der Waals surface area contributed by atoms with E-state index in [-0.39, 0.29) is 0 Å². The second-order valence-corrected chi connectivity index (χ2v) is 4.39. The van der Waals surface area contributed by atoms with Gasteiger partial charge in [0.15, 0.2) is 0 Å². The molecule has 0 fully saturated rings. The van der Waals surface area contributed by atoms with Gasteiger partial charge in [0.1, 0.15) is 0 Å². The van der Waals surface area contributed by atoms with Crippen LogP contribution in [0.25, 0.3) is 21.5 Å². The second-order valence-electron chi connectivity index (χ2n) is 4.39. The Morgan fingerprint density at radius 2 is 1.05 bits per heavy atom. The summed E-state index contributed by atoms with van der Waals surface area (Å²) in [7, 11) is 0. The van der Waals surface area contributed by atoms with E-state index < -0.39 is 0 Å². The number of hydrogen-bond donors (Lipinski definition) is 0. The van der Waals surface area contributed by atoms with Crippen LogP contribution in [0, 0.1) is 13.8 Å². The Hall–Kier alpha value is -1.82. The highest BCUT2D eigenvalue weighted by Crippen LogP contribution is 2.28. The molecule has 0 unspecified atom stereocenters. The zero-order chi connectivity index (χ0) is 17.1. The Balaban J connectivity index is 0.000000661. The van der Waals surface area contributed by atoms with Gasteiger partial charge in [-0.05, 0) is 46.5 Å². The zero-order valence-electron chi connectivity index (χ0n) is 15.6. The van der Waals surface area contributed by atoms with Gasteiger partial charge in [0.05, 0.1) is 0 Å². The van der Waals surface area contributed by atoms with Crippen molar-refractivity contribution in [1.82, 2.24) is 0 Å². The number of rotatable bonds is 0. The molecule has 120 valence electrons. The first-order chi connectivity index (χ1) is 10.8. The Bertz CT molecular complexity index is 678. The van der Waals surface area contributed by atoms with Gasteiger partial charge in [-0.3, -0.25) is 0 Å². The molecule has 0 radical (unpaired) electrons. The van der Waals surface area contributed by atoms with Crippen molar-refractivity contribution in [1.29, 1.82) is 0 Å². The Morgan fingerprint density at radius 1 is 0.500 bits per heavy atom. The van der Waals surface area contributed by atoms with Gasteiger partial charge in [0, 0.05) is 0 Å². The lowest BCUT2D eigenvalue weighted by molar-refractivity contribution is 1.38. The lowest BCUT2D eigenvalue weighted by Gasteiger charge is -2.08. The highest BCUT2D eigenvalue weighted by molar-refractivity contribution is 6.08. The lowest BCUT2D eigenvalue weighted by Crippen LogP contribution is -1.84. The van der Waals surface area contributed by atoms with Crippen LogP contribution in [-0.4, -0.2) is 0 Å². The van der Waals surface area contributed by atoms with Gasteiger partial charge >= 0.3 is 0 Å². The molecule has 3 aromatic carbocycles. The predicted octanol–water partition coefficient (Wildman–Crippen LogP) is 7.69. The van der Waals surface area contributed by atoms with Crippen molar-refractivity contribution >= 4 is 21.5 Å². The van der Waals surface area contributed by atoms with Crippen molar-refractivity contribution in [2.75, 3.05) is 0 Å². The summed E-state index contributed by atoms with van der Waals surface area (Å²) in [5.74, 6) is 0. The highest BCUT2D eigenvalue weighted by atomic mass is 14.1. The van der Waals surface area contributed by atoms with E-state index in [0.29, 0.717) is 0 Å². The fourth-order valence-corrected chi connectivity index (χ4v) is 2.35. The zero-order valence-corrected chi connectivity index (χ0v) is 15.6. The van der Waals surface area contributed by atoms with Crippen LogP contribution >= 0.6 is 0 Å². The Kier molecular flexibility index (Phi) is 9.95. The lowest BCUT2D eigenvalue weighted by atomic mass is 9.96. The molecule has 0 aliphatic heterocycles. The number of hydrogen-bond acceptors (Lipinski definition) is 0. The van der Waals surface area contributed by atoms with Crippen molar-refractivity contribution in [3.63, 3.8) is 0 Å². The van der Waals surface area contributed by atoms with Crippen LogP contribution in [0.3, 0.4) is 0 Å². The van der Waals surface area contributed by atoms with Gasteiger partial charge in [0.2, 0.25) is 0 Å². The number of benzene rings is 3. The predicted molar refractivity (Wildman–Crippen MR) is 105 cm³/mol. The topological polar surface area (TPSA) is 0 Å². The quantitative estimate of drug-likeness (QED) is 0.373. The normalized spacial score (nSPS) is 8.91. The maximum Gasteiger partial charge on any atom is -0.0103 e. The fraction of sp³-hybridized carbons (Fsp3) is 0.364. The van der Waals surface area contributed by atoms with Crippen molar-refractivity contribution in [2.45, 2.75) is 55.4 Å². The minimum atomic E-state index is 1.32. The molecule has 0 aliphatic carbocycles. The van der Waals surface area contributed by atoms with E-state index in [9.17, 15) is 0 Å². The Morgan fingerprint density at radius 3 is 1.68 bits per heavy atom. The average Bonchev–Trinajstić information content (AvgIpc) is 2.63. The van der Waals surface area contributed by atoms with Crippen LogP contribution in [0.1, 0.15) is 52.7 Å². The molecule has 3 aromatic rings. The molecular weight excluding hydrogens is 264 g/mol. The van der Waals surface area contributed by atoms with Gasteiger partial charge in [0.25, 0.3) is 0 Å². The summed E-state index contributed by atoms with van der Waals surface area (Å²) in [6.45, 7) is 16.4. The third-order valence-corrected chi connectivity index (χ3v) is 3.47. The van der Waals surface area contributed by atoms with E-state index in [1.54, 1.807) is 0 Å². The third-order valence-electron chi connectivity index (χ3n) is 3.47. The van der Waals surface area contributed by atoms with Crippen LogP contribution in [0.4, 0.5) is 0 Å². The summed E-state index contributed by atoms with van der Waals surface area (Å²) >= 11 is 0. The SMILES string of the molecule is CC.CC.CC.Cc1ccc2c(ccc3ccccc32)c1C. The molecule has 0 spiro atoms. The molecule has 0 aliphatic rings. The fourth-order valence-electron chi connectivity index (χ4n) is 2.35. The summed E-state index contributed by atoms with van der Waals surface area (Å²) in [5, 5.41) is 5.40. The minimum absolute atomic E-state index is 1.32. The molecule has 0 nitrogen and oxygen atoms in total. The van der Waals surface area contributed by atoms with Crippen LogP contribution < -0.4 is 0 Å². The molecule has 3 rings (SSSR count). The molecule has 0 heteroatoms. The molecule has 0 atom stereocenters. The molecule has 0 N–H and O–H groups in total. The monoisotopic (exact) mass is 296 g/mol. The minimum Gasteiger partial charge on any atom is -0.0683 e. The second kappa shape index (κ2) is 10.8. The first-order valence-electron chi connectivity index (χ1n) is 8.65. The van der Waals surface area contributed by atoms with E-state index in [0.717, 1.165) is 0 Å². The molecule has 0 amide bonds. The first kappa shape index (κ1) is 20.2. The van der Waals surface area contributed by atoms with Crippen LogP contribution in [0.15, 0.2) is 48.5 Å². The van der Waals surface area contributed by atoms with E-state index >= 15 is 0 Å². The van der Waals surface area contributed by atoms with Gasteiger partial charge in [-0.25, -0.2) is 0 Å². The van der Waals surface area contributed by atoms with Crippen molar-refractivity contribution in [3.8, 4) is 0 Å². The molecule has 0 aromatic heterocycles. The summed E-state index contributed by atoms with van der Waals surface area (Å²) in [6, 6.07) is 17.5. The molecular formula is C22H32. The molecule has 0 bridgehead atoms. The van der Waals surface area contributed by atoms with Crippen molar-refractivity contribution in [2.24, 2.45) is 0 Å². The summed E-state index contributed by atoms with van der Waals surface area (Å²) in [6.07, 6.45) is 0. The van der Waals surface area contributed by atoms with Gasteiger partial charge in [-0.2, -0.15) is 0 Å². The highest BCUT2D eigenvalue weighted by Gasteiger charge is 2.03. The van der Waals surface area contributed by atoms with Crippen LogP contribution in [-0.2, 0) is 0 Å².